The summed E-state index contributed by atoms with van der Waals surface area (Å²) in [4.78, 5) is 16.0. The Labute approximate surface area is 291 Å². The summed E-state index contributed by atoms with van der Waals surface area (Å²) >= 11 is 0. The molecule has 3 aromatic rings. The van der Waals surface area contributed by atoms with E-state index in [9.17, 15) is 23.1 Å². The molecule has 0 amide bonds. The van der Waals surface area contributed by atoms with E-state index in [1.165, 1.54) is 64.2 Å². The average Bonchev–Trinajstić information content (AvgIpc) is 3.09. The van der Waals surface area contributed by atoms with Crippen molar-refractivity contribution < 1.29 is 32.5 Å². The van der Waals surface area contributed by atoms with Crippen molar-refractivity contribution in [2.75, 3.05) is 13.2 Å². The van der Waals surface area contributed by atoms with Gasteiger partial charge in [0.05, 0.1) is 18.5 Å². The van der Waals surface area contributed by atoms with Crippen LogP contribution in [-0.2, 0) is 9.53 Å². The third-order valence-electron chi connectivity index (χ3n) is 9.12. The van der Waals surface area contributed by atoms with Crippen LogP contribution in [-0.4, -0.2) is 41.6 Å². The van der Waals surface area contributed by atoms with E-state index < -0.39 is 18.2 Å². The lowest BCUT2D eigenvalue weighted by Gasteiger charge is -2.22. The Morgan fingerprint density at radius 3 is 2.02 bits per heavy atom. The Morgan fingerprint density at radius 1 is 0.776 bits per heavy atom. The van der Waals surface area contributed by atoms with Gasteiger partial charge in [0.1, 0.15) is 5.75 Å². The van der Waals surface area contributed by atoms with Gasteiger partial charge in [-0.05, 0) is 73.4 Å². The first-order chi connectivity index (χ1) is 23.7. The predicted octanol–water partition coefficient (Wildman–Crippen LogP) is 12.2. The Hall–Kier alpha value is -3.39. The molecule has 5 nitrogen and oxygen atoms in total. The molecule has 0 saturated carbocycles. The molecule has 8 heteroatoms. The molecule has 0 radical (unpaired) electrons. The maximum atomic E-state index is 13.1. The van der Waals surface area contributed by atoms with Crippen LogP contribution in [0.3, 0.4) is 0 Å². The van der Waals surface area contributed by atoms with Crippen molar-refractivity contribution in [3.05, 3.63) is 72.4 Å². The molecule has 0 bridgehead atoms. The highest BCUT2D eigenvalue weighted by Gasteiger charge is 2.36. The molecule has 0 aliphatic carbocycles. The number of nitrogens with zero attached hydrogens (tertiary/aromatic N) is 1. The summed E-state index contributed by atoms with van der Waals surface area (Å²) in [5.41, 5.74) is 4.56. The van der Waals surface area contributed by atoms with Crippen LogP contribution < -0.4 is 4.74 Å². The molecular weight excluding hydrogens is 627 g/mol. The first-order valence-corrected chi connectivity index (χ1v) is 18.4. The SMILES string of the molecule is CCCCCCCCCCCCCCOc1ccc(-c2cc(C(CCCC(=O)O)CCOC(C)C(F)(F)F)ccc2-c2ccccc2)nc1. The molecular formula is C41H56F3NO4. The number of carbonyl (C=O) groups is 1. The second-order valence-corrected chi connectivity index (χ2v) is 13.1. The molecule has 1 N–H and O–H groups in total. The third kappa shape index (κ3) is 15.4. The largest absolute Gasteiger partial charge is 0.492 e. The minimum Gasteiger partial charge on any atom is -0.492 e. The number of halogens is 3. The van der Waals surface area contributed by atoms with Crippen molar-refractivity contribution in [2.45, 2.75) is 135 Å². The number of carboxylic acid groups (broad SMARTS) is 1. The fraction of sp³-hybridized carbons (Fsp3) is 0.561. The molecule has 2 aromatic carbocycles. The van der Waals surface area contributed by atoms with E-state index in [1.807, 2.05) is 60.7 Å². The minimum absolute atomic E-state index is 0.00641. The summed E-state index contributed by atoms with van der Waals surface area (Å²) in [7, 11) is 0. The van der Waals surface area contributed by atoms with Crippen LogP contribution in [0.2, 0.25) is 0 Å². The lowest BCUT2D eigenvalue weighted by atomic mass is 9.86. The van der Waals surface area contributed by atoms with Crippen molar-refractivity contribution in [1.82, 2.24) is 4.98 Å². The number of hydrogen-bond donors (Lipinski definition) is 1. The van der Waals surface area contributed by atoms with Gasteiger partial charge in [-0.1, -0.05) is 120 Å². The first-order valence-electron chi connectivity index (χ1n) is 18.4. The highest BCUT2D eigenvalue weighted by molar-refractivity contribution is 5.82. The Morgan fingerprint density at radius 2 is 1.43 bits per heavy atom. The molecule has 2 unspecified atom stereocenters. The molecule has 3 rings (SSSR count). The monoisotopic (exact) mass is 683 g/mol. The van der Waals surface area contributed by atoms with E-state index in [0.717, 1.165) is 47.7 Å². The second kappa shape index (κ2) is 22.4. The molecule has 1 aromatic heterocycles. The second-order valence-electron chi connectivity index (χ2n) is 13.1. The molecule has 0 aliphatic heterocycles. The van der Waals surface area contributed by atoms with Crippen LogP contribution >= 0.6 is 0 Å². The van der Waals surface area contributed by atoms with Gasteiger partial charge in [0.2, 0.25) is 0 Å². The first kappa shape index (κ1) is 40.0. The molecule has 49 heavy (non-hydrogen) atoms. The zero-order chi connectivity index (χ0) is 35.3. The van der Waals surface area contributed by atoms with E-state index in [4.69, 9.17) is 14.5 Å². The normalized spacial score (nSPS) is 12.9. The van der Waals surface area contributed by atoms with Gasteiger partial charge in [-0.15, -0.1) is 0 Å². The van der Waals surface area contributed by atoms with Crippen LogP contribution in [0.4, 0.5) is 13.2 Å². The zero-order valence-corrected chi connectivity index (χ0v) is 29.5. The number of unbranched alkanes of at least 4 members (excludes halogenated alkanes) is 11. The number of pyridine rings is 1. The average molecular weight is 684 g/mol. The van der Waals surface area contributed by atoms with Gasteiger partial charge in [0.15, 0.2) is 6.10 Å². The maximum absolute atomic E-state index is 13.1. The fourth-order valence-corrected chi connectivity index (χ4v) is 6.11. The summed E-state index contributed by atoms with van der Waals surface area (Å²) in [6, 6.07) is 19.9. The van der Waals surface area contributed by atoms with E-state index >= 15 is 0 Å². The van der Waals surface area contributed by atoms with Crippen molar-refractivity contribution in [3.8, 4) is 28.1 Å². The van der Waals surface area contributed by atoms with Gasteiger partial charge in [-0.25, -0.2) is 0 Å². The van der Waals surface area contributed by atoms with Gasteiger partial charge < -0.3 is 14.6 Å². The van der Waals surface area contributed by atoms with Crippen molar-refractivity contribution in [2.24, 2.45) is 0 Å². The van der Waals surface area contributed by atoms with E-state index in [0.29, 0.717) is 31.6 Å². The molecule has 270 valence electrons. The molecule has 0 fully saturated rings. The third-order valence-corrected chi connectivity index (χ3v) is 9.12. The number of carboxylic acids is 1. The maximum Gasteiger partial charge on any atom is 0.414 e. The van der Waals surface area contributed by atoms with Crippen LogP contribution in [0, 0.1) is 0 Å². The number of aliphatic carboxylic acids is 1. The van der Waals surface area contributed by atoms with Crippen LogP contribution in [0.15, 0.2) is 66.9 Å². The number of alkyl halides is 3. The highest BCUT2D eigenvalue weighted by Crippen LogP contribution is 2.37. The summed E-state index contributed by atoms with van der Waals surface area (Å²) in [5, 5.41) is 9.20. The van der Waals surface area contributed by atoms with Crippen LogP contribution in [0.25, 0.3) is 22.4 Å². The lowest BCUT2D eigenvalue weighted by molar-refractivity contribution is -0.214. The van der Waals surface area contributed by atoms with Gasteiger partial charge in [0, 0.05) is 18.6 Å². The topological polar surface area (TPSA) is 68.7 Å². The van der Waals surface area contributed by atoms with Crippen molar-refractivity contribution in [3.63, 3.8) is 0 Å². The molecule has 0 saturated heterocycles. The van der Waals surface area contributed by atoms with E-state index in [1.54, 1.807) is 6.20 Å². The Kier molecular flexibility index (Phi) is 18.3. The lowest BCUT2D eigenvalue weighted by Crippen LogP contribution is -2.29. The number of rotatable bonds is 25. The zero-order valence-electron chi connectivity index (χ0n) is 29.5. The summed E-state index contributed by atoms with van der Waals surface area (Å²) in [6.07, 6.45) is 12.2. The Balaban J connectivity index is 1.63. The number of aromatic nitrogens is 1. The summed E-state index contributed by atoms with van der Waals surface area (Å²) < 4.78 is 50.3. The molecule has 2 atom stereocenters. The summed E-state index contributed by atoms with van der Waals surface area (Å²) in [6.45, 7) is 3.82. The van der Waals surface area contributed by atoms with Gasteiger partial charge in [-0.2, -0.15) is 13.2 Å². The van der Waals surface area contributed by atoms with Crippen molar-refractivity contribution >= 4 is 5.97 Å². The fourth-order valence-electron chi connectivity index (χ4n) is 6.11. The van der Waals surface area contributed by atoms with E-state index in [-0.39, 0.29) is 18.9 Å². The van der Waals surface area contributed by atoms with Gasteiger partial charge in [-0.3, -0.25) is 9.78 Å². The van der Waals surface area contributed by atoms with Gasteiger partial charge >= 0.3 is 12.1 Å². The smallest absolute Gasteiger partial charge is 0.414 e. The summed E-state index contributed by atoms with van der Waals surface area (Å²) in [5.74, 6) is -0.362. The standard InChI is InChI=1S/C41H56F3NO4/c1-3-4-5-6-7-8-9-10-11-12-13-17-28-49-36-24-26-39(45-31-36)38-30-35(23-25-37(38)34-19-15-14-16-20-34)33(21-18-22-40(46)47)27-29-48-32(2)41(42,43)44/h14-16,19-20,23-26,30-33H,3-13,17-18,21-22,27-29H2,1-2H3,(H,46,47). The minimum atomic E-state index is -4.43. The number of hydrogen-bond acceptors (Lipinski definition) is 4. The molecule has 0 aliphatic rings. The van der Waals surface area contributed by atoms with Crippen molar-refractivity contribution in [1.29, 1.82) is 0 Å². The number of benzene rings is 2. The van der Waals surface area contributed by atoms with Gasteiger partial charge in [0.25, 0.3) is 0 Å². The predicted molar refractivity (Wildman–Crippen MR) is 192 cm³/mol. The van der Waals surface area contributed by atoms with Crippen LogP contribution in [0.1, 0.15) is 128 Å². The number of ether oxygens (including phenoxy) is 2. The molecule has 1 heterocycles. The quantitative estimate of drug-likeness (QED) is 0.0900. The van der Waals surface area contributed by atoms with E-state index in [2.05, 4.69) is 6.92 Å². The van der Waals surface area contributed by atoms with Crippen LogP contribution in [0.5, 0.6) is 5.75 Å². The Bertz CT molecular complexity index is 1330. The molecule has 0 spiro atoms. The highest BCUT2D eigenvalue weighted by atomic mass is 19.4.